The van der Waals surface area contributed by atoms with Crippen molar-refractivity contribution in [2.24, 2.45) is 4.99 Å². The average molecular weight is 504 g/mol. The number of halogens is 2. The van der Waals surface area contributed by atoms with Crippen LogP contribution in [0.25, 0.3) is 0 Å². The minimum Gasteiger partial charge on any atom is -0.386 e. The van der Waals surface area contributed by atoms with Crippen LogP contribution in [-0.2, 0) is 0 Å². The largest absolute Gasteiger partial charge is 0.386 e. The molecule has 1 unspecified atom stereocenters. The Balaban J connectivity index is 0.00000280. The maximum atomic E-state index is 13.8. The second-order valence-corrected chi connectivity index (χ2v) is 7.65. The van der Waals surface area contributed by atoms with Gasteiger partial charge >= 0.3 is 0 Å². The van der Waals surface area contributed by atoms with Crippen molar-refractivity contribution in [2.75, 3.05) is 26.2 Å². The Morgan fingerprint density at radius 2 is 1.89 bits per heavy atom. The van der Waals surface area contributed by atoms with Crippen molar-refractivity contribution in [1.29, 1.82) is 0 Å². The molecule has 1 saturated heterocycles. The molecular formula is C21H34FIN4O. The molecule has 0 bridgehead atoms. The Labute approximate surface area is 185 Å². The van der Waals surface area contributed by atoms with Gasteiger partial charge in [0.1, 0.15) is 11.9 Å². The van der Waals surface area contributed by atoms with Crippen molar-refractivity contribution in [3.63, 3.8) is 0 Å². The lowest BCUT2D eigenvalue weighted by atomic mass is 10.0. The van der Waals surface area contributed by atoms with Gasteiger partial charge < -0.3 is 20.6 Å². The van der Waals surface area contributed by atoms with E-state index in [0.29, 0.717) is 17.6 Å². The van der Waals surface area contributed by atoms with Crippen LogP contribution < -0.4 is 10.6 Å². The van der Waals surface area contributed by atoms with E-state index in [1.807, 2.05) is 6.92 Å². The maximum absolute atomic E-state index is 13.8. The first kappa shape index (κ1) is 23.3. The summed E-state index contributed by atoms with van der Waals surface area (Å²) in [7, 11) is 0. The Hall–Kier alpha value is -0.930. The van der Waals surface area contributed by atoms with Crippen molar-refractivity contribution >= 4 is 29.9 Å². The molecule has 2 aliphatic rings. The van der Waals surface area contributed by atoms with Gasteiger partial charge in [0.2, 0.25) is 0 Å². The molecule has 2 fully saturated rings. The third kappa shape index (κ3) is 6.56. The van der Waals surface area contributed by atoms with Crippen molar-refractivity contribution in [3.8, 4) is 0 Å². The van der Waals surface area contributed by atoms with E-state index in [1.54, 1.807) is 18.2 Å². The molecule has 5 nitrogen and oxygen atoms in total. The van der Waals surface area contributed by atoms with Gasteiger partial charge in [-0.3, -0.25) is 4.99 Å². The standard InChI is InChI=1S/C21H33FN4O.HI/c1-2-23-21(24-15-20(27)18-9-5-6-10-19(18)22)25-16-11-13-26(14-12-16)17-7-3-4-8-17;/h5-6,9-10,16-17,20,27H,2-4,7-8,11-15H2,1H3,(H2,23,24,25);1H. The van der Waals surface area contributed by atoms with Crippen LogP contribution >= 0.6 is 24.0 Å². The monoisotopic (exact) mass is 504 g/mol. The number of piperidine rings is 1. The third-order valence-electron chi connectivity index (χ3n) is 5.74. The minimum absolute atomic E-state index is 0. The number of nitrogens with one attached hydrogen (secondary N) is 2. The van der Waals surface area contributed by atoms with Gasteiger partial charge in [0.05, 0.1) is 6.54 Å². The minimum atomic E-state index is -0.939. The van der Waals surface area contributed by atoms with Crippen molar-refractivity contribution < 1.29 is 9.50 Å². The molecule has 1 aromatic rings. The lowest BCUT2D eigenvalue weighted by Crippen LogP contribution is -2.50. The number of aliphatic hydroxyl groups excluding tert-OH is 1. The highest BCUT2D eigenvalue weighted by Crippen LogP contribution is 2.26. The molecule has 1 saturated carbocycles. The Kier molecular flexibility index (Phi) is 9.94. The molecule has 1 heterocycles. The summed E-state index contributed by atoms with van der Waals surface area (Å²) in [5.41, 5.74) is 0.293. The SMILES string of the molecule is CCNC(=NCC(O)c1ccccc1F)NC1CCN(C2CCCC2)CC1.I. The number of aliphatic imine (C=N–C) groups is 1. The fraction of sp³-hybridized carbons (Fsp3) is 0.667. The molecule has 1 aliphatic carbocycles. The molecular weight excluding hydrogens is 470 g/mol. The number of rotatable bonds is 6. The van der Waals surface area contributed by atoms with E-state index in [2.05, 4.69) is 20.5 Å². The van der Waals surface area contributed by atoms with Gasteiger partial charge in [0.15, 0.2) is 5.96 Å². The first-order valence-corrected chi connectivity index (χ1v) is 10.4. The van der Waals surface area contributed by atoms with Crippen LogP contribution in [0.2, 0.25) is 0 Å². The van der Waals surface area contributed by atoms with Crippen molar-refractivity contribution in [2.45, 2.75) is 63.6 Å². The van der Waals surface area contributed by atoms with Gasteiger partial charge in [-0.2, -0.15) is 0 Å². The number of benzene rings is 1. The van der Waals surface area contributed by atoms with Crippen LogP contribution in [0.1, 0.15) is 57.1 Å². The van der Waals surface area contributed by atoms with Crippen LogP contribution in [-0.4, -0.2) is 54.2 Å². The van der Waals surface area contributed by atoms with Gasteiger partial charge in [0.25, 0.3) is 0 Å². The molecule has 0 aromatic heterocycles. The van der Waals surface area contributed by atoms with Gasteiger partial charge in [-0.25, -0.2) is 4.39 Å². The molecule has 0 radical (unpaired) electrons. The van der Waals surface area contributed by atoms with Crippen LogP contribution in [0.4, 0.5) is 4.39 Å². The summed E-state index contributed by atoms with van der Waals surface area (Å²) < 4.78 is 13.8. The molecule has 0 spiro atoms. The number of hydrogen-bond donors (Lipinski definition) is 3. The number of aliphatic hydroxyl groups is 1. The summed E-state index contributed by atoms with van der Waals surface area (Å²) in [6.07, 6.45) is 6.75. The molecule has 158 valence electrons. The number of nitrogens with zero attached hydrogens (tertiary/aromatic N) is 2. The third-order valence-corrected chi connectivity index (χ3v) is 5.74. The second-order valence-electron chi connectivity index (χ2n) is 7.65. The summed E-state index contributed by atoms with van der Waals surface area (Å²) in [6.45, 7) is 5.19. The lowest BCUT2D eigenvalue weighted by molar-refractivity contribution is 0.150. The topological polar surface area (TPSA) is 59.9 Å². The quantitative estimate of drug-likeness (QED) is 0.316. The highest BCUT2D eigenvalue weighted by Gasteiger charge is 2.27. The number of guanidine groups is 1. The summed E-state index contributed by atoms with van der Waals surface area (Å²) in [5.74, 6) is 0.310. The molecule has 3 rings (SSSR count). The Morgan fingerprint density at radius 1 is 1.21 bits per heavy atom. The summed E-state index contributed by atoms with van der Waals surface area (Å²) in [5, 5.41) is 17.0. The number of likely N-dealkylation sites (tertiary alicyclic amines) is 1. The van der Waals surface area contributed by atoms with Crippen LogP contribution in [0.3, 0.4) is 0 Å². The maximum Gasteiger partial charge on any atom is 0.191 e. The average Bonchev–Trinajstić information content (AvgIpc) is 3.22. The predicted molar refractivity (Wildman–Crippen MR) is 123 cm³/mol. The van der Waals surface area contributed by atoms with Crippen molar-refractivity contribution in [1.82, 2.24) is 15.5 Å². The molecule has 1 atom stereocenters. The first-order chi connectivity index (χ1) is 13.2. The van der Waals surface area contributed by atoms with Gasteiger partial charge in [-0.15, -0.1) is 24.0 Å². The van der Waals surface area contributed by atoms with Gasteiger partial charge in [0, 0.05) is 37.3 Å². The Bertz CT molecular complexity index is 616. The zero-order chi connectivity index (χ0) is 19.1. The number of hydrogen-bond acceptors (Lipinski definition) is 3. The molecule has 1 aromatic carbocycles. The summed E-state index contributed by atoms with van der Waals surface area (Å²) in [6, 6.07) is 7.51. The molecule has 7 heteroatoms. The smallest absolute Gasteiger partial charge is 0.191 e. The van der Waals surface area contributed by atoms with E-state index >= 15 is 0 Å². The van der Waals surface area contributed by atoms with Crippen LogP contribution in [0.15, 0.2) is 29.3 Å². The van der Waals surface area contributed by atoms with E-state index in [-0.39, 0.29) is 30.5 Å². The molecule has 0 amide bonds. The van der Waals surface area contributed by atoms with E-state index in [9.17, 15) is 9.50 Å². The molecule has 28 heavy (non-hydrogen) atoms. The zero-order valence-corrected chi connectivity index (χ0v) is 19.1. The van der Waals surface area contributed by atoms with Crippen molar-refractivity contribution in [3.05, 3.63) is 35.6 Å². The van der Waals surface area contributed by atoms with E-state index < -0.39 is 11.9 Å². The predicted octanol–water partition coefficient (Wildman–Crippen LogP) is 3.44. The Morgan fingerprint density at radius 3 is 2.54 bits per heavy atom. The van der Waals surface area contributed by atoms with Gasteiger partial charge in [-0.05, 0) is 38.7 Å². The normalized spacial score (nSPS) is 20.6. The van der Waals surface area contributed by atoms with E-state index in [4.69, 9.17) is 0 Å². The van der Waals surface area contributed by atoms with Gasteiger partial charge in [-0.1, -0.05) is 31.0 Å². The van der Waals surface area contributed by atoms with Crippen LogP contribution in [0, 0.1) is 5.82 Å². The summed E-state index contributed by atoms with van der Waals surface area (Å²) in [4.78, 5) is 7.14. The second kappa shape index (κ2) is 11.9. The first-order valence-electron chi connectivity index (χ1n) is 10.4. The molecule has 1 aliphatic heterocycles. The summed E-state index contributed by atoms with van der Waals surface area (Å²) >= 11 is 0. The molecule has 3 N–H and O–H groups in total. The van der Waals surface area contributed by atoms with E-state index in [0.717, 1.165) is 38.5 Å². The highest BCUT2D eigenvalue weighted by atomic mass is 127. The fourth-order valence-electron chi connectivity index (χ4n) is 4.21. The highest BCUT2D eigenvalue weighted by molar-refractivity contribution is 14.0. The lowest BCUT2D eigenvalue weighted by Gasteiger charge is -2.36. The van der Waals surface area contributed by atoms with Crippen LogP contribution in [0.5, 0.6) is 0 Å². The zero-order valence-electron chi connectivity index (χ0n) is 16.7. The fourth-order valence-corrected chi connectivity index (χ4v) is 4.21. The van der Waals surface area contributed by atoms with E-state index in [1.165, 1.54) is 31.7 Å².